The molecule has 3 rings (SSSR count). The van der Waals surface area contributed by atoms with Crippen LogP contribution in [0.5, 0.6) is 0 Å². The molecule has 2 aromatic heterocycles. The van der Waals surface area contributed by atoms with Crippen molar-refractivity contribution in [3.05, 3.63) is 65.6 Å². The van der Waals surface area contributed by atoms with Crippen molar-refractivity contribution in [1.82, 2.24) is 15.0 Å². The van der Waals surface area contributed by atoms with Gasteiger partial charge in [0.05, 0.1) is 17.4 Å². The Hall–Kier alpha value is -3.09. The molecule has 2 N–H and O–H groups in total. The number of rotatable bonds is 4. The Morgan fingerprint density at radius 1 is 1.28 bits per heavy atom. The SMILES string of the molecule is Cc1noc(C)c1C(C)NC(=O)Nc1cc(-n2cccc2)ccc1F. The zero-order chi connectivity index (χ0) is 18.0. The van der Waals surface area contributed by atoms with E-state index < -0.39 is 11.8 Å². The van der Waals surface area contributed by atoms with Gasteiger partial charge in [0.1, 0.15) is 11.6 Å². The quantitative estimate of drug-likeness (QED) is 0.750. The molecule has 6 nitrogen and oxygen atoms in total. The number of aryl methyl sites for hydroxylation is 2. The first-order valence-corrected chi connectivity index (χ1v) is 7.89. The van der Waals surface area contributed by atoms with Crippen LogP contribution < -0.4 is 10.6 Å². The van der Waals surface area contributed by atoms with E-state index in [1.165, 1.54) is 6.07 Å². The van der Waals surface area contributed by atoms with Gasteiger partial charge in [0.25, 0.3) is 0 Å². The van der Waals surface area contributed by atoms with Crippen LogP contribution in [0.3, 0.4) is 0 Å². The zero-order valence-electron chi connectivity index (χ0n) is 14.2. The van der Waals surface area contributed by atoms with Crippen molar-refractivity contribution in [2.75, 3.05) is 5.32 Å². The number of amides is 2. The Morgan fingerprint density at radius 3 is 2.64 bits per heavy atom. The maximum absolute atomic E-state index is 14.0. The van der Waals surface area contributed by atoms with Crippen LogP contribution in [0, 0.1) is 19.7 Å². The fourth-order valence-electron chi connectivity index (χ4n) is 2.81. The molecule has 0 aliphatic rings. The first-order chi connectivity index (χ1) is 12.0. The third kappa shape index (κ3) is 3.55. The number of urea groups is 1. The number of carbonyl (C=O) groups excluding carboxylic acids is 1. The molecule has 0 radical (unpaired) electrons. The molecule has 130 valence electrons. The van der Waals surface area contributed by atoms with E-state index in [4.69, 9.17) is 4.52 Å². The van der Waals surface area contributed by atoms with E-state index in [1.54, 1.807) is 19.1 Å². The summed E-state index contributed by atoms with van der Waals surface area (Å²) in [4.78, 5) is 12.2. The Bertz CT molecular complexity index is 867. The smallest absolute Gasteiger partial charge is 0.319 e. The number of hydrogen-bond acceptors (Lipinski definition) is 3. The fourth-order valence-corrected chi connectivity index (χ4v) is 2.81. The van der Waals surface area contributed by atoms with Crippen LogP contribution >= 0.6 is 0 Å². The number of carbonyl (C=O) groups is 1. The monoisotopic (exact) mass is 342 g/mol. The maximum atomic E-state index is 14.0. The van der Waals surface area contributed by atoms with Gasteiger partial charge in [-0.3, -0.25) is 0 Å². The average Bonchev–Trinajstić information content (AvgIpc) is 3.19. The third-order valence-corrected chi connectivity index (χ3v) is 3.97. The number of anilines is 1. The van der Waals surface area contributed by atoms with Crippen molar-refractivity contribution < 1.29 is 13.7 Å². The summed E-state index contributed by atoms with van der Waals surface area (Å²) in [6.07, 6.45) is 3.69. The highest BCUT2D eigenvalue weighted by atomic mass is 19.1. The van der Waals surface area contributed by atoms with Crippen LogP contribution in [0.2, 0.25) is 0 Å². The van der Waals surface area contributed by atoms with Crippen molar-refractivity contribution in [2.24, 2.45) is 0 Å². The van der Waals surface area contributed by atoms with Gasteiger partial charge in [0, 0.05) is 23.6 Å². The Kier molecular flexibility index (Phi) is 4.56. The Labute approximate surface area is 144 Å². The summed E-state index contributed by atoms with van der Waals surface area (Å²) in [6.45, 7) is 5.41. The van der Waals surface area contributed by atoms with Gasteiger partial charge in [-0.2, -0.15) is 0 Å². The predicted octanol–water partition coefficient (Wildman–Crippen LogP) is 4.10. The largest absolute Gasteiger partial charge is 0.361 e. The molecule has 0 fully saturated rings. The molecule has 0 bridgehead atoms. The van der Waals surface area contributed by atoms with Crippen LogP contribution in [0.4, 0.5) is 14.9 Å². The minimum Gasteiger partial charge on any atom is -0.361 e. The first kappa shape index (κ1) is 16.8. The summed E-state index contributed by atoms with van der Waals surface area (Å²) in [5.41, 5.74) is 2.39. The van der Waals surface area contributed by atoms with E-state index >= 15 is 0 Å². The van der Waals surface area contributed by atoms with E-state index in [2.05, 4.69) is 15.8 Å². The summed E-state index contributed by atoms with van der Waals surface area (Å²) >= 11 is 0. The zero-order valence-corrected chi connectivity index (χ0v) is 14.2. The molecule has 0 saturated carbocycles. The minimum absolute atomic E-state index is 0.106. The van der Waals surface area contributed by atoms with E-state index in [9.17, 15) is 9.18 Å². The van der Waals surface area contributed by atoms with Gasteiger partial charge in [0.2, 0.25) is 0 Å². The molecule has 2 amide bonds. The van der Waals surface area contributed by atoms with E-state index in [-0.39, 0.29) is 11.7 Å². The maximum Gasteiger partial charge on any atom is 0.319 e. The number of halogens is 1. The van der Waals surface area contributed by atoms with Gasteiger partial charge in [-0.1, -0.05) is 5.16 Å². The van der Waals surface area contributed by atoms with Gasteiger partial charge < -0.3 is 19.7 Å². The summed E-state index contributed by atoms with van der Waals surface area (Å²) < 4.78 is 21.0. The van der Waals surface area contributed by atoms with Crippen molar-refractivity contribution >= 4 is 11.7 Å². The number of nitrogens with one attached hydrogen (secondary N) is 2. The lowest BCUT2D eigenvalue weighted by Gasteiger charge is -2.15. The lowest BCUT2D eigenvalue weighted by atomic mass is 10.1. The standard InChI is InChI=1S/C18H19FN4O2/c1-11(17-12(2)22-25-13(17)3)20-18(24)21-16-10-14(6-7-15(16)19)23-8-4-5-9-23/h4-11H,1-3H3,(H2,20,21,24). The summed E-state index contributed by atoms with van der Waals surface area (Å²) in [5, 5.41) is 9.20. The van der Waals surface area contributed by atoms with Crippen molar-refractivity contribution in [2.45, 2.75) is 26.8 Å². The molecular formula is C18H19FN4O2. The third-order valence-electron chi connectivity index (χ3n) is 3.97. The second kappa shape index (κ2) is 6.80. The van der Waals surface area contributed by atoms with Crippen LogP contribution in [-0.2, 0) is 0 Å². The molecule has 1 unspecified atom stereocenters. The molecule has 25 heavy (non-hydrogen) atoms. The van der Waals surface area contributed by atoms with Gasteiger partial charge in [0.15, 0.2) is 0 Å². The molecule has 0 saturated heterocycles. The van der Waals surface area contributed by atoms with Crippen molar-refractivity contribution in [3.8, 4) is 5.69 Å². The van der Waals surface area contributed by atoms with Gasteiger partial charge >= 0.3 is 6.03 Å². The van der Waals surface area contributed by atoms with Crippen LogP contribution in [0.25, 0.3) is 5.69 Å². The van der Waals surface area contributed by atoms with Crippen molar-refractivity contribution in [3.63, 3.8) is 0 Å². The lowest BCUT2D eigenvalue weighted by Crippen LogP contribution is -2.32. The Morgan fingerprint density at radius 2 is 2.00 bits per heavy atom. The molecule has 2 heterocycles. The van der Waals surface area contributed by atoms with E-state index in [0.29, 0.717) is 11.5 Å². The first-order valence-electron chi connectivity index (χ1n) is 7.89. The molecule has 0 spiro atoms. The highest BCUT2D eigenvalue weighted by molar-refractivity contribution is 5.90. The molecule has 1 atom stereocenters. The second-order valence-electron chi connectivity index (χ2n) is 5.81. The number of benzene rings is 1. The molecule has 7 heteroatoms. The van der Waals surface area contributed by atoms with Gasteiger partial charge in [-0.15, -0.1) is 0 Å². The lowest BCUT2D eigenvalue weighted by molar-refractivity contribution is 0.249. The van der Waals surface area contributed by atoms with Crippen LogP contribution in [0.15, 0.2) is 47.2 Å². The molecule has 0 aliphatic heterocycles. The second-order valence-corrected chi connectivity index (χ2v) is 5.81. The number of aromatic nitrogens is 2. The summed E-state index contributed by atoms with van der Waals surface area (Å²) in [5.74, 6) is 0.141. The normalized spacial score (nSPS) is 12.0. The van der Waals surface area contributed by atoms with Crippen molar-refractivity contribution in [1.29, 1.82) is 0 Å². The van der Waals surface area contributed by atoms with Gasteiger partial charge in [-0.05, 0) is 51.1 Å². The molecular weight excluding hydrogens is 323 g/mol. The van der Waals surface area contributed by atoms with E-state index in [1.807, 2.05) is 42.9 Å². The highest BCUT2D eigenvalue weighted by Crippen LogP contribution is 2.22. The minimum atomic E-state index is -0.504. The number of nitrogens with zero attached hydrogens (tertiary/aromatic N) is 2. The van der Waals surface area contributed by atoms with E-state index in [0.717, 1.165) is 11.3 Å². The average molecular weight is 342 g/mol. The predicted molar refractivity (Wildman–Crippen MR) is 92.3 cm³/mol. The van der Waals surface area contributed by atoms with Gasteiger partial charge in [-0.25, -0.2) is 9.18 Å². The molecule has 3 aromatic rings. The Balaban J connectivity index is 1.74. The summed E-state index contributed by atoms with van der Waals surface area (Å²) in [6, 6.07) is 7.46. The topological polar surface area (TPSA) is 72.1 Å². The molecule has 0 aliphatic carbocycles. The molecule has 1 aromatic carbocycles. The fraction of sp³-hybridized carbons (Fsp3) is 0.222. The number of hydrogen-bond donors (Lipinski definition) is 2. The highest BCUT2D eigenvalue weighted by Gasteiger charge is 2.19. The summed E-state index contributed by atoms with van der Waals surface area (Å²) in [7, 11) is 0. The van der Waals surface area contributed by atoms with Crippen LogP contribution in [0.1, 0.15) is 30.0 Å². The van der Waals surface area contributed by atoms with Crippen LogP contribution in [-0.4, -0.2) is 15.8 Å².